The molecule has 24 heavy (non-hydrogen) atoms. The molecule has 2 N–H and O–H groups in total. The summed E-state index contributed by atoms with van der Waals surface area (Å²) >= 11 is 0. The van der Waals surface area contributed by atoms with Gasteiger partial charge in [-0.15, -0.1) is 0 Å². The van der Waals surface area contributed by atoms with E-state index < -0.39 is 9.84 Å². The molecule has 0 amide bonds. The summed E-state index contributed by atoms with van der Waals surface area (Å²) in [6, 6.07) is 0.498. The number of sulfone groups is 1. The van der Waals surface area contributed by atoms with E-state index in [1.165, 1.54) is 45.0 Å². The molecule has 7 heteroatoms. The van der Waals surface area contributed by atoms with Crippen molar-refractivity contribution in [1.82, 2.24) is 15.5 Å². The summed E-state index contributed by atoms with van der Waals surface area (Å²) < 4.78 is 22.3. The van der Waals surface area contributed by atoms with Crippen LogP contribution in [-0.2, 0) is 9.84 Å². The van der Waals surface area contributed by atoms with Crippen molar-refractivity contribution in [2.45, 2.75) is 52.0 Å². The minimum Gasteiger partial charge on any atom is -0.356 e. The van der Waals surface area contributed by atoms with Gasteiger partial charge < -0.3 is 10.6 Å². The van der Waals surface area contributed by atoms with Crippen molar-refractivity contribution in [3.05, 3.63) is 0 Å². The first-order valence-corrected chi connectivity index (χ1v) is 11.3. The molecule has 0 radical (unpaired) electrons. The number of aliphatic imine (C=N–C) groups is 1. The Labute approximate surface area is 148 Å². The van der Waals surface area contributed by atoms with Crippen molar-refractivity contribution in [2.24, 2.45) is 10.9 Å². The van der Waals surface area contributed by atoms with Crippen LogP contribution in [0.1, 0.15) is 46.0 Å². The molecule has 1 unspecified atom stereocenters. The van der Waals surface area contributed by atoms with E-state index in [0.29, 0.717) is 24.9 Å². The normalized spacial score (nSPS) is 19.1. The SMILES string of the molecule is CN=C(NCCCS(C)(=O)=O)NCC(C(C)C)N1CCCCCC1. The first-order valence-electron chi connectivity index (χ1n) is 9.20. The van der Waals surface area contributed by atoms with Crippen LogP contribution in [0.25, 0.3) is 0 Å². The zero-order valence-electron chi connectivity index (χ0n) is 15.8. The van der Waals surface area contributed by atoms with E-state index in [-0.39, 0.29) is 5.75 Å². The Morgan fingerprint density at radius 3 is 2.25 bits per heavy atom. The van der Waals surface area contributed by atoms with Crippen LogP contribution in [0.2, 0.25) is 0 Å². The van der Waals surface area contributed by atoms with Gasteiger partial charge in [0.2, 0.25) is 0 Å². The van der Waals surface area contributed by atoms with Crippen molar-refractivity contribution >= 4 is 15.8 Å². The lowest BCUT2D eigenvalue weighted by Crippen LogP contribution is -2.49. The van der Waals surface area contributed by atoms with Gasteiger partial charge in [-0.3, -0.25) is 9.89 Å². The van der Waals surface area contributed by atoms with E-state index in [1.54, 1.807) is 7.05 Å². The van der Waals surface area contributed by atoms with Gasteiger partial charge in [0, 0.05) is 32.4 Å². The van der Waals surface area contributed by atoms with Crippen molar-refractivity contribution < 1.29 is 8.42 Å². The highest BCUT2D eigenvalue weighted by Crippen LogP contribution is 2.16. The number of hydrogen-bond donors (Lipinski definition) is 2. The maximum absolute atomic E-state index is 11.2. The molecule has 0 saturated carbocycles. The van der Waals surface area contributed by atoms with E-state index in [0.717, 1.165) is 12.5 Å². The Kier molecular flexibility index (Phi) is 9.66. The number of guanidine groups is 1. The summed E-state index contributed by atoms with van der Waals surface area (Å²) in [6.45, 7) is 8.40. The minimum absolute atomic E-state index is 0.208. The Morgan fingerprint density at radius 1 is 1.12 bits per heavy atom. The van der Waals surface area contributed by atoms with E-state index >= 15 is 0 Å². The first kappa shape index (κ1) is 21.2. The Bertz CT molecular complexity index is 469. The third-order valence-corrected chi connectivity index (χ3v) is 5.60. The highest BCUT2D eigenvalue weighted by atomic mass is 32.2. The second kappa shape index (κ2) is 10.9. The smallest absolute Gasteiger partial charge is 0.191 e. The third kappa shape index (κ3) is 8.87. The molecular weight excluding hydrogens is 324 g/mol. The average Bonchev–Trinajstić information content (AvgIpc) is 2.77. The van der Waals surface area contributed by atoms with E-state index in [1.807, 2.05) is 0 Å². The molecule has 1 rings (SSSR count). The van der Waals surface area contributed by atoms with E-state index in [4.69, 9.17) is 0 Å². The zero-order valence-corrected chi connectivity index (χ0v) is 16.7. The molecule has 1 saturated heterocycles. The van der Waals surface area contributed by atoms with Crippen LogP contribution in [0.5, 0.6) is 0 Å². The highest BCUT2D eigenvalue weighted by Gasteiger charge is 2.22. The minimum atomic E-state index is -2.89. The van der Waals surface area contributed by atoms with Gasteiger partial charge >= 0.3 is 0 Å². The fraction of sp³-hybridized carbons (Fsp3) is 0.941. The van der Waals surface area contributed by atoms with Crippen LogP contribution in [0.15, 0.2) is 4.99 Å². The molecular formula is C17H36N4O2S. The Morgan fingerprint density at radius 2 is 1.75 bits per heavy atom. The quantitative estimate of drug-likeness (QED) is 0.390. The molecule has 0 aromatic heterocycles. The molecule has 1 aliphatic rings. The molecule has 0 aliphatic carbocycles. The van der Waals surface area contributed by atoms with Crippen LogP contribution in [0, 0.1) is 5.92 Å². The van der Waals surface area contributed by atoms with Gasteiger partial charge in [0.15, 0.2) is 5.96 Å². The van der Waals surface area contributed by atoms with Gasteiger partial charge in [-0.2, -0.15) is 0 Å². The van der Waals surface area contributed by atoms with Crippen molar-refractivity contribution in [3.8, 4) is 0 Å². The van der Waals surface area contributed by atoms with E-state index in [9.17, 15) is 8.42 Å². The lowest BCUT2D eigenvalue weighted by Gasteiger charge is -2.34. The topological polar surface area (TPSA) is 73.8 Å². The molecule has 1 heterocycles. The lowest BCUT2D eigenvalue weighted by atomic mass is 10.0. The van der Waals surface area contributed by atoms with Gasteiger partial charge in [-0.05, 0) is 38.3 Å². The van der Waals surface area contributed by atoms with Crippen LogP contribution >= 0.6 is 0 Å². The second-order valence-electron chi connectivity index (χ2n) is 7.12. The van der Waals surface area contributed by atoms with Crippen molar-refractivity contribution in [1.29, 1.82) is 0 Å². The lowest BCUT2D eigenvalue weighted by molar-refractivity contribution is 0.161. The van der Waals surface area contributed by atoms with Gasteiger partial charge in [-0.1, -0.05) is 26.7 Å². The van der Waals surface area contributed by atoms with Crippen LogP contribution in [0.4, 0.5) is 0 Å². The highest BCUT2D eigenvalue weighted by molar-refractivity contribution is 7.90. The summed E-state index contributed by atoms with van der Waals surface area (Å²) in [5, 5.41) is 6.62. The zero-order chi connectivity index (χ0) is 18.0. The average molecular weight is 361 g/mol. The summed E-state index contributed by atoms with van der Waals surface area (Å²) in [7, 11) is -1.14. The number of nitrogens with zero attached hydrogens (tertiary/aromatic N) is 2. The van der Waals surface area contributed by atoms with Crippen molar-refractivity contribution in [2.75, 3.05) is 45.2 Å². The predicted octanol–water partition coefficient (Wildman–Crippen LogP) is 1.49. The third-order valence-electron chi connectivity index (χ3n) is 4.57. The fourth-order valence-corrected chi connectivity index (χ4v) is 3.84. The largest absolute Gasteiger partial charge is 0.356 e. The van der Waals surface area contributed by atoms with Gasteiger partial charge in [0.1, 0.15) is 9.84 Å². The Balaban J connectivity index is 2.42. The summed E-state index contributed by atoms with van der Waals surface area (Å²) in [5.74, 6) is 1.54. The molecule has 1 fully saturated rings. The van der Waals surface area contributed by atoms with Gasteiger partial charge in [-0.25, -0.2) is 8.42 Å². The van der Waals surface area contributed by atoms with Crippen molar-refractivity contribution in [3.63, 3.8) is 0 Å². The standard InChI is InChI=1S/C17H36N4O2S/c1-15(2)16(21-11-7-5-6-8-12-21)14-20-17(18-3)19-10-9-13-24(4,22)23/h15-16H,5-14H2,1-4H3,(H2,18,19,20). The maximum Gasteiger partial charge on any atom is 0.191 e. The molecule has 142 valence electrons. The number of nitrogens with one attached hydrogen (secondary N) is 2. The van der Waals surface area contributed by atoms with Gasteiger partial charge in [0.25, 0.3) is 0 Å². The molecule has 1 aliphatic heterocycles. The van der Waals surface area contributed by atoms with E-state index in [2.05, 4.69) is 34.4 Å². The summed E-state index contributed by atoms with van der Waals surface area (Å²) in [6.07, 6.45) is 7.15. The second-order valence-corrected chi connectivity index (χ2v) is 9.38. The molecule has 0 spiro atoms. The maximum atomic E-state index is 11.2. The van der Waals surface area contributed by atoms with Gasteiger partial charge in [0.05, 0.1) is 5.75 Å². The van der Waals surface area contributed by atoms with Crippen LogP contribution in [0.3, 0.4) is 0 Å². The summed E-state index contributed by atoms with van der Waals surface area (Å²) in [4.78, 5) is 6.86. The molecule has 0 bridgehead atoms. The van der Waals surface area contributed by atoms with Crippen LogP contribution in [-0.4, -0.2) is 70.6 Å². The predicted molar refractivity (Wildman–Crippen MR) is 102 cm³/mol. The molecule has 0 aromatic carbocycles. The fourth-order valence-electron chi connectivity index (χ4n) is 3.18. The number of rotatable bonds is 8. The molecule has 6 nitrogen and oxygen atoms in total. The monoisotopic (exact) mass is 360 g/mol. The summed E-state index contributed by atoms with van der Waals surface area (Å²) in [5.41, 5.74) is 0. The molecule has 0 aromatic rings. The first-order chi connectivity index (χ1) is 11.3. The number of hydrogen-bond acceptors (Lipinski definition) is 4. The van der Waals surface area contributed by atoms with Crippen LogP contribution < -0.4 is 10.6 Å². The number of likely N-dealkylation sites (tertiary alicyclic amines) is 1. The Hall–Kier alpha value is -0.820. The molecule has 1 atom stereocenters.